The van der Waals surface area contributed by atoms with Crippen molar-refractivity contribution >= 4 is 5.96 Å². The van der Waals surface area contributed by atoms with Crippen LogP contribution in [0.15, 0.2) is 4.99 Å². The molecule has 5 nitrogen and oxygen atoms in total. The van der Waals surface area contributed by atoms with Crippen LogP contribution < -0.4 is 10.6 Å². The summed E-state index contributed by atoms with van der Waals surface area (Å²) < 4.78 is 5.53. The van der Waals surface area contributed by atoms with Crippen molar-refractivity contribution in [1.82, 2.24) is 15.5 Å². The molecule has 0 unspecified atom stereocenters. The van der Waals surface area contributed by atoms with E-state index in [1.54, 1.807) is 0 Å². The average Bonchev–Trinajstić information content (AvgIpc) is 2.52. The Kier molecular flexibility index (Phi) is 15.0. The molecule has 0 atom stereocenters. The summed E-state index contributed by atoms with van der Waals surface area (Å²) in [7, 11) is 1.82. The highest BCUT2D eigenvalue weighted by Crippen LogP contribution is 1.90. The minimum atomic E-state index is 0.825. The third-order valence-corrected chi connectivity index (χ3v) is 3.46. The maximum absolute atomic E-state index is 5.53. The first-order chi connectivity index (χ1) is 10.3. The topological polar surface area (TPSA) is 48.9 Å². The van der Waals surface area contributed by atoms with Crippen molar-refractivity contribution in [2.75, 3.05) is 53.0 Å². The van der Waals surface area contributed by atoms with Gasteiger partial charge in [0.25, 0.3) is 0 Å². The van der Waals surface area contributed by atoms with E-state index < -0.39 is 0 Å². The van der Waals surface area contributed by atoms with Gasteiger partial charge in [-0.1, -0.05) is 27.2 Å². The molecule has 0 fully saturated rings. The smallest absolute Gasteiger partial charge is 0.190 e. The van der Waals surface area contributed by atoms with Crippen molar-refractivity contribution in [2.24, 2.45) is 4.99 Å². The van der Waals surface area contributed by atoms with Crippen molar-refractivity contribution in [3.05, 3.63) is 0 Å². The Morgan fingerprint density at radius 2 is 1.57 bits per heavy atom. The summed E-state index contributed by atoms with van der Waals surface area (Å²) >= 11 is 0. The van der Waals surface area contributed by atoms with Crippen LogP contribution in [-0.2, 0) is 4.74 Å². The maximum Gasteiger partial charge on any atom is 0.190 e. The fourth-order valence-corrected chi connectivity index (χ4v) is 2.00. The molecule has 0 aromatic rings. The van der Waals surface area contributed by atoms with Crippen LogP contribution in [0.3, 0.4) is 0 Å². The van der Waals surface area contributed by atoms with E-state index in [0.29, 0.717) is 0 Å². The molecule has 0 aliphatic rings. The summed E-state index contributed by atoms with van der Waals surface area (Å²) in [6, 6.07) is 0. The highest BCUT2D eigenvalue weighted by molar-refractivity contribution is 5.79. The quantitative estimate of drug-likeness (QED) is 0.311. The number of nitrogens with one attached hydrogen (secondary N) is 2. The van der Waals surface area contributed by atoms with Crippen molar-refractivity contribution in [3.63, 3.8) is 0 Å². The van der Waals surface area contributed by atoms with Gasteiger partial charge < -0.3 is 20.3 Å². The molecule has 126 valence electrons. The zero-order chi connectivity index (χ0) is 15.8. The maximum atomic E-state index is 5.53. The van der Waals surface area contributed by atoms with Crippen LogP contribution in [0.1, 0.15) is 46.5 Å². The first-order valence-corrected chi connectivity index (χ1v) is 8.53. The van der Waals surface area contributed by atoms with Crippen LogP contribution >= 0.6 is 0 Å². The van der Waals surface area contributed by atoms with E-state index in [4.69, 9.17) is 4.74 Å². The molecule has 0 aliphatic heterocycles. The molecule has 0 heterocycles. The Hall–Kier alpha value is -0.810. The largest absolute Gasteiger partial charge is 0.381 e. The lowest BCUT2D eigenvalue weighted by Gasteiger charge is -2.18. The fraction of sp³-hybridized carbons (Fsp3) is 0.938. The molecule has 21 heavy (non-hydrogen) atoms. The lowest BCUT2D eigenvalue weighted by molar-refractivity contribution is 0.129. The minimum Gasteiger partial charge on any atom is -0.381 e. The van der Waals surface area contributed by atoms with Crippen LogP contribution in [0.2, 0.25) is 0 Å². The van der Waals surface area contributed by atoms with Gasteiger partial charge in [0.15, 0.2) is 5.96 Å². The fourth-order valence-electron chi connectivity index (χ4n) is 2.00. The second-order valence-corrected chi connectivity index (χ2v) is 5.13. The average molecular weight is 300 g/mol. The highest BCUT2D eigenvalue weighted by atomic mass is 16.5. The van der Waals surface area contributed by atoms with E-state index >= 15 is 0 Å². The number of unbranched alkanes of at least 4 members (excludes halogenated alkanes) is 1. The van der Waals surface area contributed by atoms with Crippen LogP contribution in [-0.4, -0.2) is 63.8 Å². The van der Waals surface area contributed by atoms with Gasteiger partial charge in [-0.15, -0.1) is 0 Å². The SMILES string of the molecule is CCCCOCCCNC(=NC)NCCCN(CC)CC. The van der Waals surface area contributed by atoms with Gasteiger partial charge in [-0.3, -0.25) is 4.99 Å². The standard InChI is InChI=1S/C16H36N4O/c1-5-8-14-21-15-10-12-19-16(17-4)18-11-9-13-20(6-2)7-3/h5-15H2,1-4H3,(H2,17,18,19). The molecule has 0 saturated heterocycles. The first kappa shape index (κ1) is 20.2. The molecule has 0 aromatic carbocycles. The number of guanidine groups is 1. The Morgan fingerprint density at radius 3 is 2.14 bits per heavy atom. The van der Waals surface area contributed by atoms with Crippen molar-refractivity contribution in [3.8, 4) is 0 Å². The number of hydrogen-bond acceptors (Lipinski definition) is 3. The zero-order valence-corrected chi connectivity index (χ0v) is 14.6. The van der Waals surface area contributed by atoms with Gasteiger partial charge in [-0.05, 0) is 38.9 Å². The van der Waals surface area contributed by atoms with Gasteiger partial charge in [0.1, 0.15) is 0 Å². The predicted octanol–water partition coefficient (Wildman–Crippen LogP) is 2.09. The van der Waals surface area contributed by atoms with Crippen LogP contribution in [0.25, 0.3) is 0 Å². The summed E-state index contributed by atoms with van der Waals surface area (Å²) in [5, 5.41) is 6.68. The van der Waals surface area contributed by atoms with Gasteiger partial charge in [0.05, 0.1) is 0 Å². The second kappa shape index (κ2) is 15.6. The lowest BCUT2D eigenvalue weighted by Crippen LogP contribution is -2.39. The molecule has 0 aliphatic carbocycles. The van der Waals surface area contributed by atoms with E-state index in [1.165, 1.54) is 6.42 Å². The molecule has 0 radical (unpaired) electrons. The zero-order valence-electron chi connectivity index (χ0n) is 14.6. The summed E-state index contributed by atoms with van der Waals surface area (Å²) in [4.78, 5) is 6.67. The second-order valence-electron chi connectivity index (χ2n) is 5.13. The monoisotopic (exact) mass is 300 g/mol. The summed E-state index contributed by atoms with van der Waals surface area (Å²) in [5.74, 6) is 0.892. The van der Waals surface area contributed by atoms with Gasteiger partial charge >= 0.3 is 0 Å². The molecule has 0 rings (SSSR count). The number of ether oxygens (including phenoxy) is 1. The summed E-state index contributed by atoms with van der Waals surface area (Å²) in [6.45, 7) is 13.6. The van der Waals surface area contributed by atoms with Gasteiger partial charge in [-0.25, -0.2) is 0 Å². The molecule has 0 spiro atoms. The van der Waals surface area contributed by atoms with E-state index in [9.17, 15) is 0 Å². The van der Waals surface area contributed by atoms with Gasteiger partial charge in [0.2, 0.25) is 0 Å². The molecule has 2 N–H and O–H groups in total. The number of rotatable bonds is 13. The first-order valence-electron chi connectivity index (χ1n) is 8.53. The van der Waals surface area contributed by atoms with E-state index in [-0.39, 0.29) is 0 Å². The molecule has 0 aromatic heterocycles. The molecular formula is C16H36N4O. The number of hydrogen-bond donors (Lipinski definition) is 2. The van der Waals surface area contributed by atoms with Crippen LogP contribution in [0.4, 0.5) is 0 Å². The predicted molar refractivity (Wildman–Crippen MR) is 92.1 cm³/mol. The lowest BCUT2D eigenvalue weighted by atomic mass is 10.3. The van der Waals surface area contributed by atoms with E-state index in [2.05, 4.69) is 41.3 Å². The normalized spacial score (nSPS) is 12.0. The Bertz CT molecular complexity index is 242. The van der Waals surface area contributed by atoms with Gasteiger partial charge in [0, 0.05) is 33.4 Å². The van der Waals surface area contributed by atoms with Crippen molar-refractivity contribution in [2.45, 2.75) is 46.5 Å². The van der Waals surface area contributed by atoms with Gasteiger partial charge in [-0.2, -0.15) is 0 Å². The molecule has 5 heteroatoms. The van der Waals surface area contributed by atoms with Crippen molar-refractivity contribution in [1.29, 1.82) is 0 Å². The Balaban J connectivity index is 3.50. The minimum absolute atomic E-state index is 0.825. The third kappa shape index (κ3) is 12.6. The molecule has 0 bridgehead atoms. The Morgan fingerprint density at radius 1 is 0.952 bits per heavy atom. The number of nitrogens with zero attached hydrogens (tertiary/aromatic N) is 2. The van der Waals surface area contributed by atoms with Crippen LogP contribution in [0.5, 0.6) is 0 Å². The Labute approximate surface area is 131 Å². The molecular weight excluding hydrogens is 264 g/mol. The summed E-state index contributed by atoms with van der Waals surface area (Å²) in [6.07, 6.45) is 4.51. The molecule has 0 amide bonds. The van der Waals surface area contributed by atoms with E-state index in [1.807, 2.05) is 7.05 Å². The van der Waals surface area contributed by atoms with Crippen LogP contribution in [0, 0.1) is 0 Å². The van der Waals surface area contributed by atoms with Crippen molar-refractivity contribution < 1.29 is 4.74 Å². The third-order valence-electron chi connectivity index (χ3n) is 3.46. The molecule has 0 saturated carbocycles. The highest BCUT2D eigenvalue weighted by Gasteiger charge is 2.00. The van der Waals surface area contributed by atoms with E-state index in [0.717, 1.165) is 71.2 Å². The summed E-state index contributed by atoms with van der Waals surface area (Å²) in [5.41, 5.74) is 0. The number of aliphatic imine (C=N–C) groups is 1.